The van der Waals surface area contributed by atoms with Gasteiger partial charge < -0.3 is 14.2 Å². The van der Waals surface area contributed by atoms with Gasteiger partial charge in [0, 0.05) is 0 Å². The van der Waals surface area contributed by atoms with E-state index < -0.39 is 47.5 Å². The highest BCUT2D eigenvalue weighted by Gasteiger charge is 2.71. The minimum atomic E-state index is -5.01. The summed E-state index contributed by atoms with van der Waals surface area (Å²) in [6.45, 7) is 3.14. The van der Waals surface area contributed by atoms with Crippen LogP contribution in [0.15, 0.2) is 35.3 Å². The molecule has 0 saturated heterocycles. The number of methoxy groups -OCH3 is 2. The van der Waals surface area contributed by atoms with Crippen LogP contribution in [0.5, 0.6) is 0 Å². The summed E-state index contributed by atoms with van der Waals surface area (Å²) in [6.07, 6.45) is -5.59. The minimum Gasteiger partial charge on any atom is -0.478 e. The molecule has 27 heavy (non-hydrogen) atoms. The van der Waals surface area contributed by atoms with Gasteiger partial charge in [0.25, 0.3) is 0 Å². The van der Waals surface area contributed by atoms with Crippen molar-refractivity contribution in [2.45, 2.75) is 31.7 Å². The van der Waals surface area contributed by atoms with Crippen molar-refractivity contribution < 1.29 is 37.0 Å². The summed E-state index contributed by atoms with van der Waals surface area (Å²) < 4.78 is 57.8. The van der Waals surface area contributed by atoms with Gasteiger partial charge in [0.05, 0.1) is 20.3 Å². The van der Waals surface area contributed by atoms with Gasteiger partial charge in [-0.3, -0.25) is 9.59 Å². The third kappa shape index (κ3) is 3.50. The Kier molecular flexibility index (Phi) is 5.82. The van der Waals surface area contributed by atoms with Crippen LogP contribution < -0.4 is 0 Å². The summed E-state index contributed by atoms with van der Waals surface area (Å²) in [5.41, 5.74) is -3.34. The van der Waals surface area contributed by atoms with Gasteiger partial charge in [-0.1, -0.05) is 30.3 Å². The summed E-state index contributed by atoms with van der Waals surface area (Å²) >= 11 is 0. The fourth-order valence-corrected chi connectivity index (χ4v) is 3.18. The Morgan fingerprint density at radius 1 is 1.07 bits per heavy atom. The Morgan fingerprint density at radius 3 is 2.07 bits per heavy atom. The Balaban J connectivity index is 2.83. The third-order valence-corrected chi connectivity index (χ3v) is 4.25. The average molecular weight is 387 g/mol. The molecular weight excluding hydrogens is 367 g/mol. The molecule has 0 saturated carbocycles. The normalized spacial score (nSPS) is 25.1. The van der Waals surface area contributed by atoms with E-state index in [2.05, 4.69) is 14.5 Å². The number of carbonyl (C=O) groups is 2. The van der Waals surface area contributed by atoms with Gasteiger partial charge in [-0.15, -0.1) is 0 Å². The zero-order valence-electron chi connectivity index (χ0n) is 15.2. The van der Waals surface area contributed by atoms with Crippen LogP contribution in [0.1, 0.15) is 19.4 Å². The SMILES string of the molecule is COC(=O)[C@@H]1C(OC(C)C)=N[C@](c2ccccc2)(C(F)(F)F)[C@H]1C(=O)OC. The van der Waals surface area contributed by atoms with Gasteiger partial charge in [-0.2, -0.15) is 13.2 Å². The quantitative estimate of drug-likeness (QED) is 0.743. The van der Waals surface area contributed by atoms with Crippen LogP contribution in [0.25, 0.3) is 0 Å². The summed E-state index contributed by atoms with van der Waals surface area (Å²) in [6, 6.07) is 6.70. The number of alkyl halides is 3. The predicted molar refractivity (Wildman–Crippen MR) is 88.8 cm³/mol. The minimum absolute atomic E-state index is 0.302. The molecule has 0 aliphatic carbocycles. The largest absolute Gasteiger partial charge is 0.478 e. The zero-order chi connectivity index (χ0) is 20.4. The smallest absolute Gasteiger partial charge is 0.418 e. The van der Waals surface area contributed by atoms with Crippen LogP contribution in [-0.4, -0.2) is 44.3 Å². The molecular formula is C18H20F3NO5. The van der Waals surface area contributed by atoms with E-state index in [1.807, 2.05) is 0 Å². The number of hydrogen-bond acceptors (Lipinski definition) is 6. The first-order valence-electron chi connectivity index (χ1n) is 8.14. The van der Waals surface area contributed by atoms with E-state index in [9.17, 15) is 22.8 Å². The molecule has 0 spiro atoms. The number of rotatable bonds is 4. The molecule has 0 unspecified atom stereocenters. The van der Waals surface area contributed by atoms with Crippen LogP contribution >= 0.6 is 0 Å². The van der Waals surface area contributed by atoms with Crippen molar-refractivity contribution in [2.24, 2.45) is 16.8 Å². The number of esters is 2. The van der Waals surface area contributed by atoms with Crippen LogP contribution in [0.3, 0.4) is 0 Å². The highest BCUT2D eigenvalue weighted by molar-refractivity contribution is 6.04. The molecule has 1 aliphatic heterocycles. The maximum Gasteiger partial charge on any atom is 0.418 e. The molecule has 148 valence electrons. The van der Waals surface area contributed by atoms with Gasteiger partial charge in [-0.05, 0) is 19.4 Å². The number of carbonyl (C=O) groups excluding carboxylic acids is 2. The van der Waals surface area contributed by atoms with E-state index >= 15 is 0 Å². The lowest BCUT2D eigenvalue weighted by Crippen LogP contribution is -2.51. The topological polar surface area (TPSA) is 74.2 Å². The second-order valence-electron chi connectivity index (χ2n) is 6.25. The maximum atomic E-state index is 14.4. The first-order chi connectivity index (χ1) is 12.6. The van der Waals surface area contributed by atoms with Crippen LogP contribution in [0, 0.1) is 11.8 Å². The lowest BCUT2D eigenvalue weighted by Gasteiger charge is -2.34. The first kappa shape index (κ1) is 20.7. The van der Waals surface area contributed by atoms with Crippen molar-refractivity contribution in [1.29, 1.82) is 0 Å². The molecule has 6 nitrogen and oxygen atoms in total. The van der Waals surface area contributed by atoms with Crippen LogP contribution in [0.4, 0.5) is 13.2 Å². The van der Waals surface area contributed by atoms with Crippen molar-refractivity contribution in [1.82, 2.24) is 0 Å². The molecule has 2 rings (SSSR count). The van der Waals surface area contributed by atoms with Gasteiger partial charge in [-0.25, -0.2) is 4.99 Å². The Hall–Kier alpha value is -2.58. The van der Waals surface area contributed by atoms with Crippen molar-refractivity contribution in [3.63, 3.8) is 0 Å². The molecule has 1 aliphatic rings. The van der Waals surface area contributed by atoms with Crippen LogP contribution in [-0.2, 0) is 29.3 Å². The molecule has 0 aromatic heterocycles. The van der Waals surface area contributed by atoms with Crippen molar-refractivity contribution in [2.75, 3.05) is 14.2 Å². The number of benzene rings is 1. The molecule has 0 amide bonds. The van der Waals surface area contributed by atoms with E-state index in [1.54, 1.807) is 13.8 Å². The number of nitrogens with zero attached hydrogens (tertiary/aromatic N) is 1. The van der Waals surface area contributed by atoms with E-state index in [-0.39, 0.29) is 5.56 Å². The highest BCUT2D eigenvalue weighted by Crippen LogP contribution is 2.55. The Labute approximate surface area is 154 Å². The summed E-state index contributed by atoms with van der Waals surface area (Å²) in [4.78, 5) is 28.5. The predicted octanol–water partition coefficient (Wildman–Crippen LogP) is 2.86. The number of aliphatic imine (C=N–C) groups is 1. The molecule has 1 aromatic carbocycles. The third-order valence-electron chi connectivity index (χ3n) is 4.25. The monoisotopic (exact) mass is 387 g/mol. The lowest BCUT2D eigenvalue weighted by atomic mass is 9.74. The van der Waals surface area contributed by atoms with Gasteiger partial charge in [0.2, 0.25) is 0 Å². The first-order valence-corrected chi connectivity index (χ1v) is 8.14. The van der Waals surface area contributed by atoms with Gasteiger partial charge in [0.15, 0.2) is 11.4 Å². The molecule has 1 aromatic rings. The van der Waals surface area contributed by atoms with E-state index in [0.717, 1.165) is 14.2 Å². The maximum absolute atomic E-state index is 14.4. The molecule has 0 radical (unpaired) electrons. The average Bonchev–Trinajstić information content (AvgIpc) is 2.96. The van der Waals surface area contributed by atoms with Crippen LogP contribution in [0.2, 0.25) is 0 Å². The van der Waals surface area contributed by atoms with Gasteiger partial charge in [0.1, 0.15) is 11.8 Å². The summed E-state index contributed by atoms with van der Waals surface area (Å²) in [5.74, 6) is -6.52. The fraction of sp³-hybridized carbons (Fsp3) is 0.500. The zero-order valence-corrected chi connectivity index (χ0v) is 15.2. The molecule has 0 fully saturated rings. The van der Waals surface area contributed by atoms with Gasteiger partial charge >= 0.3 is 18.1 Å². The number of halogens is 3. The van der Waals surface area contributed by atoms with Crippen molar-refractivity contribution in [3.05, 3.63) is 35.9 Å². The standard InChI is InChI=1S/C18H20F3NO5/c1-10(2)27-14-12(15(23)25-3)13(16(24)26-4)17(22-14,18(19,20)21)11-8-6-5-7-9-11/h5-10,12-13H,1-4H3/t12-,13+,17-/m0/s1. The van der Waals surface area contributed by atoms with Crippen molar-refractivity contribution >= 4 is 17.8 Å². The van der Waals surface area contributed by atoms with Crippen molar-refractivity contribution in [3.8, 4) is 0 Å². The number of ether oxygens (including phenoxy) is 3. The second-order valence-corrected chi connectivity index (χ2v) is 6.25. The molecule has 9 heteroatoms. The Morgan fingerprint density at radius 2 is 1.63 bits per heavy atom. The molecule has 0 N–H and O–H groups in total. The molecule has 3 atom stereocenters. The van der Waals surface area contributed by atoms with E-state index in [4.69, 9.17) is 4.74 Å². The second kappa shape index (κ2) is 7.58. The van der Waals surface area contributed by atoms with E-state index in [1.165, 1.54) is 30.3 Å². The fourth-order valence-electron chi connectivity index (χ4n) is 3.18. The highest BCUT2D eigenvalue weighted by atomic mass is 19.4. The Bertz CT molecular complexity index is 732. The summed E-state index contributed by atoms with van der Waals surface area (Å²) in [5, 5.41) is 0. The molecule has 1 heterocycles. The summed E-state index contributed by atoms with van der Waals surface area (Å²) in [7, 11) is 1.96. The lowest BCUT2D eigenvalue weighted by molar-refractivity contribution is -0.211. The van der Waals surface area contributed by atoms with E-state index in [0.29, 0.717) is 0 Å². The number of hydrogen-bond donors (Lipinski definition) is 0. The molecule has 0 bridgehead atoms.